The predicted octanol–water partition coefficient (Wildman–Crippen LogP) is 2.26. The Morgan fingerprint density at radius 1 is 1.40 bits per heavy atom. The maximum Gasteiger partial charge on any atom is 0.282 e. The third-order valence-electron chi connectivity index (χ3n) is 2.61. The number of carbonyl (C=O) groups excluding carboxylic acids is 1. The summed E-state index contributed by atoms with van der Waals surface area (Å²) in [5.74, 6) is -0.959. The number of aromatic nitrogens is 1. The van der Waals surface area contributed by atoms with E-state index in [0.717, 1.165) is 0 Å². The summed E-state index contributed by atoms with van der Waals surface area (Å²) in [6.07, 6.45) is 1.39. The molecule has 1 aromatic heterocycles. The van der Waals surface area contributed by atoms with Gasteiger partial charge < -0.3 is 10.4 Å². The second-order valence-electron chi connectivity index (χ2n) is 4.10. The van der Waals surface area contributed by atoms with E-state index in [2.05, 4.69) is 10.3 Å². The van der Waals surface area contributed by atoms with Crippen LogP contribution in [0.15, 0.2) is 36.5 Å². The molecular formula is C13H11N3O4. The van der Waals surface area contributed by atoms with Gasteiger partial charge in [-0.3, -0.25) is 14.9 Å². The Morgan fingerprint density at radius 3 is 2.80 bits per heavy atom. The Bertz CT molecular complexity index is 685. The number of nitro benzene ring substituents is 1. The molecule has 1 amide bonds. The van der Waals surface area contributed by atoms with Crippen LogP contribution in [0, 0.1) is 17.0 Å². The number of rotatable bonds is 3. The summed E-state index contributed by atoms with van der Waals surface area (Å²) in [6.45, 7) is 1.72. The third kappa shape index (κ3) is 2.72. The lowest BCUT2D eigenvalue weighted by Crippen LogP contribution is -2.15. The van der Waals surface area contributed by atoms with E-state index in [9.17, 15) is 20.0 Å². The Morgan fingerprint density at radius 2 is 2.15 bits per heavy atom. The Balaban J connectivity index is 2.37. The van der Waals surface area contributed by atoms with Crippen molar-refractivity contribution in [1.29, 1.82) is 0 Å². The lowest BCUT2D eigenvalue weighted by Gasteiger charge is -2.07. The van der Waals surface area contributed by atoms with Crippen LogP contribution in [-0.2, 0) is 0 Å². The number of nitrogens with one attached hydrogen (secondary N) is 1. The molecule has 0 bridgehead atoms. The number of carbonyl (C=O) groups is 1. The summed E-state index contributed by atoms with van der Waals surface area (Å²) < 4.78 is 0. The largest absolute Gasteiger partial charge is 0.504 e. The van der Waals surface area contributed by atoms with Crippen molar-refractivity contribution in [2.24, 2.45) is 0 Å². The highest BCUT2D eigenvalue weighted by molar-refractivity contribution is 6.07. The Labute approximate surface area is 114 Å². The molecule has 0 aliphatic carbocycles. The molecule has 7 heteroatoms. The van der Waals surface area contributed by atoms with Gasteiger partial charge in [-0.05, 0) is 30.7 Å². The van der Waals surface area contributed by atoms with Crippen LogP contribution in [0.4, 0.5) is 11.5 Å². The van der Waals surface area contributed by atoms with Crippen molar-refractivity contribution in [2.75, 3.05) is 5.32 Å². The van der Waals surface area contributed by atoms with E-state index in [-0.39, 0.29) is 22.8 Å². The molecular weight excluding hydrogens is 262 g/mol. The topological polar surface area (TPSA) is 105 Å². The monoisotopic (exact) mass is 273 g/mol. The number of anilines is 1. The molecule has 0 atom stereocenters. The van der Waals surface area contributed by atoms with Gasteiger partial charge in [-0.25, -0.2) is 4.98 Å². The van der Waals surface area contributed by atoms with Crippen LogP contribution in [-0.4, -0.2) is 20.9 Å². The fourth-order valence-corrected chi connectivity index (χ4v) is 1.66. The molecule has 0 saturated heterocycles. The minimum atomic E-state index is -0.700. The number of hydrogen-bond donors (Lipinski definition) is 2. The van der Waals surface area contributed by atoms with E-state index in [0.29, 0.717) is 5.56 Å². The maximum atomic E-state index is 12.1. The first-order valence-electron chi connectivity index (χ1n) is 5.69. The number of aryl methyl sites for hydroxylation is 1. The van der Waals surface area contributed by atoms with E-state index in [1.165, 1.54) is 30.5 Å². The number of pyridine rings is 1. The van der Waals surface area contributed by atoms with Crippen molar-refractivity contribution in [3.05, 3.63) is 57.8 Å². The minimum absolute atomic E-state index is 0.0479. The number of aromatic hydroxyl groups is 1. The normalized spacial score (nSPS) is 10.1. The fourth-order valence-electron chi connectivity index (χ4n) is 1.66. The SMILES string of the molecule is Cc1ccc([N+](=O)[O-])c(C(=O)Nc2ncccc2O)c1. The first-order chi connectivity index (χ1) is 9.49. The molecule has 7 nitrogen and oxygen atoms in total. The predicted molar refractivity (Wildman–Crippen MR) is 71.7 cm³/mol. The molecule has 2 N–H and O–H groups in total. The molecule has 0 aliphatic rings. The standard InChI is InChI=1S/C13H11N3O4/c1-8-4-5-10(16(19)20)9(7-8)13(18)15-12-11(17)3-2-6-14-12/h2-7,17H,1H3,(H,14,15,18). The van der Waals surface area contributed by atoms with Crippen LogP contribution >= 0.6 is 0 Å². The zero-order chi connectivity index (χ0) is 14.7. The van der Waals surface area contributed by atoms with Crippen LogP contribution in [0.5, 0.6) is 5.75 Å². The first-order valence-corrected chi connectivity index (χ1v) is 5.69. The molecule has 0 spiro atoms. The molecule has 1 aromatic carbocycles. The lowest BCUT2D eigenvalue weighted by molar-refractivity contribution is -0.385. The van der Waals surface area contributed by atoms with E-state index < -0.39 is 10.8 Å². The minimum Gasteiger partial charge on any atom is -0.504 e. The lowest BCUT2D eigenvalue weighted by atomic mass is 10.1. The second kappa shape index (κ2) is 5.35. The molecule has 1 heterocycles. The van der Waals surface area contributed by atoms with Crippen LogP contribution < -0.4 is 5.32 Å². The van der Waals surface area contributed by atoms with Crippen molar-refractivity contribution in [3.63, 3.8) is 0 Å². The smallest absolute Gasteiger partial charge is 0.282 e. The van der Waals surface area contributed by atoms with Crippen LogP contribution in [0.25, 0.3) is 0 Å². The quantitative estimate of drug-likeness (QED) is 0.659. The van der Waals surface area contributed by atoms with Gasteiger partial charge >= 0.3 is 0 Å². The van der Waals surface area contributed by atoms with Crippen molar-refractivity contribution in [1.82, 2.24) is 4.98 Å². The maximum absolute atomic E-state index is 12.1. The van der Waals surface area contributed by atoms with Gasteiger partial charge in [0.2, 0.25) is 0 Å². The molecule has 20 heavy (non-hydrogen) atoms. The molecule has 0 aliphatic heterocycles. The van der Waals surface area contributed by atoms with Gasteiger partial charge in [0.15, 0.2) is 11.6 Å². The average Bonchev–Trinajstić information content (AvgIpc) is 2.40. The zero-order valence-corrected chi connectivity index (χ0v) is 10.5. The fraction of sp³-hybridized carbons (Fsp3) is 0.0769. The van der Waals surface area contributed by atoms with Gasteiger partial charge in [-0.1, -0.05) is 6.07 Å². The molecule has 0 unspecified atom stereocenters. The molecule has 102 valence electrons. The second-order valence-corrected chi connectivity index (χ2v) is 4.10. The van der Waals surface area contributed by atoms with Crippen molar-refractivity contribution < 1.29 is 14.8 Å². The van der Waals surface area contributed by atoms with Gasteiger partial charge in [-0.2, -0.15) is 0 Å². The van der Waals surface area contributed by atoms with Crippen LogP contribution in [0.3, 0.4) is 0 Å². The number of nitro groups is 1. The number of hydrogen-bond acceptors (Lipinski definition) is 5. The van der Waals surface area contributed by atoms with Crippen molar-refractivity contribution in [3.8, 4) is 5.75 Å². The summed E-state index contributed by atoms with van der Waals surface area (Å²) in [5.41, 5.74) is 0.328. The van der Waals surface area contributed by atoms with E-state index in [1.807, 2.05) is 0 Å². The van der Waals surface area contributed by atoms with Gasteiger partial charge in [0.05, 0.1) is 4.92 Å². The molecule has 0 fully saturated rings. The summed E-state index contributed by atoms with van der Waals surface area (Å²) in [4.78, 5) is 26.2. The average molecular weight is 273 g/mol. The molecule has 0 radical (unpaired) electrons. The summed E-state index contributed by atoms with van der Waals surface area (Å²) in [7, 11) is 0. The first kappa shape index (κ1) is 13.5. The van der Waals surface area contributed by atoms with Crippen LogP contribution in [0.1, 0.15) is 15.9 Å². The summed E-state index contributed by atoms with van der Waals surface area (Å²) in [6, 6.07) is 7.08. The third-order valence-corrected chi connectivity index (χ3v) is 2.61. The summed E-state index contributed by atoms with van der Waals surface area (Å²) in [5, 5.41) is 22.8. The molecule has 0 saturated carbocycles. The highest BCUT2D eigenvalue weighted by Gasteiger charge is 2.21. The van der Waals surface area contributed by atoms with E-state index in [4.69, 9.17) is 0 Å². The highest BCUT2D eigenvalue weighted by Crippen LogP contribution is 2.23. The van der Waals surface area contributed by atoms with Crippen molar-refractivity contribution >= 4 is 17.4 Å². The summed E-state index contributed by atoms with van der Waals surface area (Å²) >= 11 is 0. The molecule has 2 aromatic rings. The van der Waals surface area contributed by atoms with E-state index in [1.54, 1.807) is 13.0 Å². The number of benzene rings is 1. The highest BCUT2D eigenvalue weighted by atomic mass is 16.6. The van der Waals surface area contributed by atoms with Gasteiger partial charge in [-0.15, -0.1) is 0 Å². The van der Waals surface area contributed by atoms with Gasteiger partial charge in [0.25, 0.3) is 11.6 Å². The molecule has 2 rings (SSSR count). The zero-order valence-electron chi connectivity index (χ0n) is 10.5. The van der Waals surface area contributed by atoms with Gasteiger partial charge in [0.1, 0.15) is 5.56 Å². The van der Waals surface area contributed by atoms with Gasteiger partial charge in [0, 0.05) is 12.3 Å². The Kier molecular flexibility index (Phi) is 3.60. The number of nitrogens with zero attached hydrogens (tertiary/aromatic N) is 2. The van der Waals surface area contributed by atoms with E-state index >= 15 is 0 Å². The Hall–Kier alpha value is -2.96. The van der Waals surface area contributed by atoms with Crippen LogP contribution in [0.2, 0.25) is 0 Å². The van der Waals surface area contributed by atoms with Crippen molar-refractivity contribution in [2.45, 2.75) is 6.92 Å². The number of amides is 1.